The normalized spacial score (nSPS) is 14.2. The number of aliphatic hydroxyl groups excluding tert-OH is 1. The monoisotopic (exact) mass is 295 g/mol. The van der Waals surface area contributed by atoms with Crippen molar-refractivity contribution >= 4 is 23.6 Å². The lowest BCUT2D eigenvalue weighted by atomic mass is 10.0. The number of halogens is 1. The fraction of sp³-hybridized carbons (Fsp3) is 0.400. The Hall–Kier alpha value is -1.52. The van der Waals surface area contributed by atoms with Crippen molar-refractivity contribution in [2.45, 2.75) is 19.4 Å². The molecule has 1 aromatic carbocycles. The molecule has 0 aliphatic carbocycles. The minimum Gasteiger partial charge on any atom is -0.488 e. The van der Waals surface area contributed by atoms with Crippen LogP contribution in [0, 0.1) is 0 Å². The quantitative estimate of drug-likeness (QED) is 0.931. The molecular formula is C15H18ClNO3. The molecule has 2 rings (SSSR count). The smallest absolute Gasteiger partial charge is 0.253 e. The molecule has 1 aromatic rings. The van der Waals surface area contributed by atoms with Gasteiger partial charge < -0.3 is 14.7 Å². The Balaban J connectivity index is 2.29. The van der Waals surface area contributed by atoms with Crippen molar-refractivity contribution in [2.75, 3.05) is 20.3 Å². The van der Waals surface area contributed by atoms with Gasteiger partial charge in [-0.3, -0.25) is 4.79 Å². The van der Waals surface area contributed by atoms with Gasteiger partial charge in [-0.05, 0) is 38.1 Å². The molecule has 0 bridgehead atoms. The summed E-state index contributed by atoms with van der Waals surface area (Å²) in [6.45, 7) is 3.73. The number of carbonyl (C=O) groups excluding carboxylic acids is 1. The number of likely N-dealkylation sites (N-methyl/N-ethyl adjacent to an activating group) is 1. The highest BCUT2D eigenvalue weighted by atomic mass is 35.5. The molecule has 4 nitrogen and oxygen atoms in total. The van der Waals surface area contributed by atoms with Gasteiger partial charge in [0.1, 0.15) is 12.4 Å². The van der Waals surface area contributed by atoms with Gasteiger partial charge in [0.25, 0.3) is 5.91 Å². The summed E-state index contributed by atoms with van der Waals surface area (Å²) in [6.07, 6.45) is 1.79. The Morgan fingerprint density at radius 1 is 1.50 bits per heavy atom. The van der Waals surface area contributed by atoms with Crippen LogP contribution in [0.15, 0.2) is 23.8 Å². The zero-order chi connectivity index (χ0) is 14.9. The number of benzene rings is 1. The second-order valence-corrected chi connectivity index (χ2v) is 5.91. The van der Waals surface area contributed by atoms with Crippen molar-refractivity contribution in [3.8, 4) is 5.75 Å². The molecule has 1 aliphatic rings. The minimum absolute atomic E-state index is 0.105. The lowest BCUT2D eigenvalue weighted by molar-refractivity contribution is -0.132. The van der Waals surface area contributed by atoms with Gasteiger partial charge in [0.2, 0.25) is 0 Å². The highest BCUT2D eigenvalue weighted by molar-refractivity contribution is 6.30. The first-order valence-electron chi connectivity index (χ1n) is 6.37. The number of fused-ring (bicyclic) bond motifs is 1. The third-order valence-corrected chi connectivity index (χ3v) is 3.79. The lowest BCUT2D eigenvalue weighted by Gasteiger charge is -2.35. The van der Waals surface area contributed by atoms with E-state index in [2.05, 4.69) is 0 Å². The van der Waals surface area contributed by atoms with Crippen LogP contribution in [-0.2, 0) is 4.79 Å². The van der Waals surface area contributed by atoms with E-state index in [9.17, 15) is 9.90 Å². The van der Waals surface area contributed by atoms with Crippen molar-refractivity contribution in [3.63, 3.8) is 0 Å². The topological polar surface area (TPSA) is 49.8 Å². The van der Waals surface area contributed by atoms with Crippen LogP contribution in [0.25, 0.3) is 6.08 Å². The summed E-state index contributed by atoms with van der Waals surface area (Å²) < 4.78 is 5.57. The molecule has 1 amide bonds. The maximum absolute atomic E-state index is 12.4. The molecular weight excluding hydrogens is 278 g/mol. The molecule has 1 heterocycles. The number of amides is 1. The van der Waals surface area contributed by atoms with E-state index in [1.54, 1.807) is 45.2 Å². The summed E-state index contributed by atoms with van der Waals surface area (Å²) in [5, 5.41) is 9.94. The molecule has 0 saturated carbocycles. The standard InChI is InChI=1S/C15H18ClNO3/c1-15(2,9-18)17(3)14(19)11-6-10-7-12(16)4-5-13(10)20-8-11/h4-7,18H,8-9H2,1-3H3. The number of aliphatic hydroxyl groups is 1. The van der Waals surface area contributed by atoms with Crippen molar-refractivity contribution in [2.24, 2.45) is 0 Å². The number of hydrogen-bond donors (Lipinski definition) is 1. The average Bonchev–Trinajstić information content (AvgIpc) is 2.44. The molecule has 1 N–H and O–H groups in total. The fourth-order valence-corrected chi connectivity index (χ4v) is 2.05. The average molecular weight is 296 g/mol. The third kappa shape index (κ3) is 2.81. The van der Waals surface area contributed by atoms with Crippen molar-refractivity contribution in [1.82, 2.24) is 4.90 Å². The lowest BCUT2D eigenvalue weighted by Crippen LogP contribution is -2.48. The zero-order valence-electron chi connectivity index (χ0n) is 11.8. The molecule has 1 aliphatic heterocycles. The predicted molar refractivity (Wildman–Crippen MR) is 78.9 cm³/mol. The third-order valence-electron chi connectivity index (χ3n) is 3.56. The van der Waals surface area contributed by atoms with Gasteiger partial charge in [-0.15, -0.1) is 0 Å². The van der Waals surface area contributed by atoms with Crippen molar-refractivity contribution in [3.05, 3.63) is 34.4 Å². The summed E-state index contributed by atoms with van der Waals surface area (Å²) in [5.41, 5.74) is 0.720. The number of ether oxygens (including phenoxy) is 1. The van der Waals surface area contributed by atoms with Gasteiger partial charge in [0, 0.05) is 17.6 Å². The predicted octanol–water partition coefficient (Wildman–Crippen LogP) is 2.35. The van der Waals surface area contributed by atoms with Gasteiger partial charge >= 0.3 is 0 Å². The maximum Gasteiger partial charge on any atom is 0.253 e. The molecule has 0 radical (unpaired) electrons. The van der Waals surface area contributed by atoms with Crippen LogP contribution < -0.4 is 4.74 Å². The van der Waals surface area contributed by atoms with Gasteiger partial charge in [-0.25, -0.2) is 0 Å². The number of carbonyl (C=O) groups is 1. The van der Waals surface area contributed by atoms with E-state index in [1.807, 2.05) is 0 Å². The highest BCUT2D eigenvalue weighted by Gasteiger charge is 2.30. The molecule has 108 valence electrons. The van der Waals surface area contributed by atoms with Crippen LogP contribution >= 0.6 is 11.6 Å². The minimum atomic E-state index is -0.619. The van der Waals surface area contributed by atoms with E-state index in [0.29, 0.717) is 10.6 Å². The molecule has 0 saturated heterocycles. The first-order valence-corrected chi connectivity index (χ1v) is 6.75. The Bertz CT molecular complexity index is 566. The first-order chi connectivity index (χ1) is 9.35. The van der Waals surface area contributed by atoms with E-state index < -0.39 is 5.54 Å². The summed E-state index contributed by atoms with van der Waals surface area (Å²) in [6, 6.07) is 5.30. The van der Waals surface area contributed by atoms with Crippen molar-refractivity contribution < 1.29 is 14.6 Å². The summed E-state index contributed by atoms with van der Waals surface area (Å²) >= 11 is 5.95. The molecule has 0 fully saturated rings. The van der Waals surface area contributed by atoms with E-state index in [1.165, 1.54) is 4.90 Å². The molecule has 0 atom stereocenters. The van der Waals surface area contributed by atoms with Crippen LogP contribution in [0.2, 0.25) is 5.02 Å². The number of nitrogens with zero attached hydrogens (tertiary/aromatic N) is 1. The highest BCUT2D eigenvalue weighted by Crippen LogP contribution is 2.30. The molecule has 5 heteroatoms. The molecule has 20 heavy (non-hydrogen) atoms. The Kier molecular flexibility index (Phi) is 4.06. The Morgan fingerprint density at radius 2 is 2.20 bits per heavy atom. The van der Waals surface area contributed by atoms with E-state index in [-0.39, 0.29) is 19.1 Å². The summed E-state index contributed by atoms with van der Waals surface area (Å²) in [7, 11) is 1.67. The van der Waals surface area contributed by atoms with Crippen molar-refractivity contribution in [1.29, 1.82) is 0 Å². The van der Waals surface area contributed by atoms with E-state index >= 15 is 0 Å². The van der Waals surface area contributed by atoms with Crippen LogP contribution in [0.3, 0.4) is 0 Å². The van der Waals surface area contributed by atoms with Gasteiger partial charge in [-0.1, -0.05) is 11.6 Å². The molecule has 0 unspecified atom stereocenters. The Labute approximate surface area is 123 Å². The summed E-state index contributed by atoms with van der Waals surface area (Å²) in [5.74, 6) is 0.560. The largest absolute Gasteiger partial charge is 0.488 e. The molecule has 0 aromatic heterocycles. The Morgan fingerprint density at radius 3 is 2.85 bits per heavy atom. The second kappa shape index (κ2) is 5.46. The first kappa shape index (κ1) is 14.9. The van der Waals surface area contributed by atoms with E-state index in [0.717, 1.165) is 11.3 Å². The van der Waals surface area contributed by atoms with E-state index in [4.69, 9.17) is 16.3 Å². The fourth-order valence-electron chi connectivity index (χ4n) is 1.87. The number of hydrogen-bond acceptors (Lipinski definition) is 3. The maximum atomic E-state index is 12.4. The van der Waals surface area contributed by atoms with Crippen LogP contribution in [-0.4, -0.2) is 41.7 Å². The second-order valence-electron chi connectivity index (χ2n) is 5.48. The van der Waals surface area contributed by atoms with Crippen LogP contribution in [0.4, 0.5) is 0 Å². The van der Waals surface area contributed by atoms with Gasteiger partial charge in [0.05, 0.1) is 17.7 Å². The van der Waals surface area contributed by atoms with Crippen LogP contribution in [0.5, 0.6) is 5.75 Å². The SMILES string of the molecule is CN(C(=O)C1=Cc2cc(Cl)ccc2OC1)C(C)(C)CO. The zero-order valence-corrected chi connectivity index (χ0v) is 12.6. The van der Waals surface area contributed by atoms with Gasteiger partial charge in [0.15, 0.2) is 0 Å². The van der Waals surface area contributed by atoms with Crippen LogP contribution in [0.1, 0.15) is 19.4 Å². The number of rotatable bonds is 3. The summed E-state index contributed by atoms with van der Waals surface area (Å²) in [4.78, 5) is 14.0. The van der Waals surface area contributed by atoms with Gasteiger partial charge in [-0.2, -0.15) is 0 Å². The molecule has 0 spiro atoms.